The highest BCUT2D eigenvalue weighted by Gasteiger charge is 2.41. The maximum Gasteiger partial charge on any atom is 0.301 e. The van der Waals surface area contributed by atoms with Crippen LogP contribution in [-0.4, -0.2) is 35.7 Å². The van der Waals surface area contributed by atoms with Crippen LogP contribution in [-0.2, 0) is 11.3 Å². The Hall–Kier alpha value is -4.96. The number of fused-ring (bicyclic) bond motifs is 1. The molecule has 0 saturated carbocycles. The highest BCUT2D eigenvalue weighted by Crippen LogP contribution is 2.43. The van der Waals surface area contributed by atoms with Gasteiger partial charge in [0.1, 0.15) is 0 Å². The second-order valence-electron chi connectivity index (χ2n) is 8.67. The summed E-state index contributed by atoms with van der Waals surface area (Å²) in [5, 5.41) is 14.7. The molecule has 37 heavy (non-hydrogen) atoms. The van der Waals surface area contributed by atoms with Gasteiger partial charge in [0.25, 0.3) is 11.6 Å². The summed E-state index contributed by atoms with van der Waals surface area (Å²) in [5.74, 6) is -1.12. The van der Waals surface area contributed by atoms with Gasteiger partial charge in [-0.15, -0.1) is 0 Å². The average molecular weight is 498 g/mol. The van der Waals surface area contributed by atoms with Gasteiger partial charge in [-0.1, -0.05) is 12.1 Å². The van der Waals surface area contributed by atoms with Crippen molar-refractivity contribution in [3.8, 4) is 0 Å². The van der Waals surface area contributed by atoms with Crippen LogP contribution in [0.1, 0.15) is 27.4 Å². The lowest BCUT2D eigenvalue weighted by Gasteiger charge is -2.15. The topological polar surface area (TPSA) is 122 Å². The lowest BCUT2D eigenvalue weighted by molar-refractivity contribution is -0.384. The quantitative estimate of drug-likeness (QED) is 0.163. The number of hydrogen-bond donors (Lipinski definition) is 1. The summed E-state index contributed by atoms with van der Waals surface area (Å²) in [6, 6.07) is 18.0. The Morgan fingerprint density at radius 1 is 1.00 bits per heavy atom. The molecule has 2 aromatic carbocycles. The van der Waals surface area contributed by atoms with Crippen LogP contribution in [0.4, 0.5) is 17.1 Å². The predicted octanol–water partition coefficient (Wildman–Crippen LogP) is 5.01. The van der Waals surface area contributed by atoms with E-state index in [1.165, 1.54) is 42.9 Å². The summed E-state index contributed by atoms with van der Waals surface area (Å²) >= 11 is 0. The minimum Gasteiger partial charge on any atom is -0.463 e. The number of non-ortho nitro benzene ring substituents is 1. The number of carbonyl (C=O) groups excluding carboxylic acids is 2. The number of furan rings is 2. The molecular formula is C27H22N4O6. The molecule has 0 atom stereocenters. The average Bonchev–Trinajstić information content (AvgIpc) is 3.63. The van der Waals surface area contributed by atoms with Gasteiger partial charge in [-0.3, -0.25) is 19.7 Å². The molecule has 2 amide bonds. The van der Waals surface area contributed by atoms with Crippen molar-refractivity contribution in [2.75, 3.05) is 24.3 Å². The van der Waals surface area contributed by atoms with E-state index in [0.29, 0.717) is 22.7 Å². The van der Waals surface area contributed by atoms with E-state index in [0.717, 1.165) is 17.0 Å². The molecule has 2 aromatic heterocycles. The van der Waals surface area contributed by atoms with Gasteiger partial charge in [-0.05, 0) is 62.1 Å². The Kier molecular flexibility index (Phi) is 6.16. The Labute approximate surface area is 211 Å². The summed E-state index contributed by atoms with van der Waals surface area (Å²) in [6.07, 6.45) is 2.79. The zero-order chi connectivity index (χ0) is 26.1. The van der Waals surface area contributed by atoms with Gasteiger partial charge >= 0.3 is 5.91 Å². The van der Waals surface area contributed by atoms with E-state index in [2.05, 4.69) is 10.2 Å². The molecule has 0 saturated heterocycles. The number of nitro benzene ring substituents is 1. The number of amides is 2. The minimum atomic E-state index is -0.737. The molecule has 3 heterocycles. The predicted molar refractivity (Wildman–Crippen MR) is 137 cm³/mol. The van der Waals surface area contributed by atoms with Crippen LogP contribution in [0.15, 0.2) is 88.1 Å². The summed E-state index contributed by atoms with van der Waals surface area (Å²) in [6.45, 7) is 0.765. The molecule has 0 spiro atoms. The number of nitrogens with one attached hydrogen (secondary N) is 1. The second kappa shape index (κ2) is 9.59. The van der Waals surface area contributed by atoms with Gasteiger partial charge in [0, 0.05) is 29.9 Å². The number of benzene rings is 2. The van der Waals surface area contributed by atoms with Crippen LogP contribution >= 0.6 is 0 Å². The van der Waals surface area contributed by atoms with Gasteiger partial charge in [0.15, 0.2) is 11.5 Å². The lowest BCUT2D eigenvalue weighted by Crippen LogP contribution is -2.33. The third kappa shape index (κ3) is 4.53. The van der Waals surface area contributed by atoms with Crippen LogP contribution < -0.4 is 10.2 Å². The first kappa shape index (κ1) is 23.8. The highest BCUT2D eigenvalue weighted by molar-refractivity contribution is 6.45. The van der Waals surface area contributed by atoms with Gasteiger partial charge in [0.05, 0.1) is 34.4 Å². The molecule has 0 aliphatic carbocycles. The molecule has 1 aliphatic rings. The molecule has 10 nitrogen and oxygen atoms in total. The summed E-state index contributed by atoms with van der Waals surface area (Å²) in [5.41, 5.74) is 2.42. The first-order valence-corrected chi connectivity index (χ1v) is 11.3. The molecule has 10 heteroatoms. The van der Waals surface area contributed by atoms with Crippen molar-refractivity contribution >= 4 is 40.1 Å². The fraction of sp³-hybridized carbons (Fsp3) is 0.111. The number of carbonyl (C=O) groups is 2. The fourth-order valence-corrected chi connectivity index (χ4v) is 4.19. The van der Waals surface area contributed by atoms with E-state index in [4.69, 9.17) is 8.83 Å². The van der Waals surface area contributed by atoms with Crippen molar-refractivity contribution in [3.05, 3.63) is 112 Å². The number of hydrogen-bond acceptors (Lipinski definition) is 8. The number of nitro groups is 1. The molecule has 5 rings (SSSR count). The van der Waals surface area contributed by atoms with E-state index in [1.807, 2.05) is 38.4 Å². The van der Waals surface area contributed by atoms with Crippen LogP contribution in [0, 0.1) is 10.1 Å². The number of nitrogens with zero attached hydrogens (tertiary/aromatic N) is 3. The van der Waals surface area contributed by atoms with Crippen LogP contribution in [0.25, 0.3) is 11.3 Å². The lowest BCUT2D eigenvalue weighted by atomic mass is 10.0. The van der Waals surface area contributed by atoms with E-state index in [9.17, 15) is 19.7 Å². The van der Waals surface area contributed by atoms with Crippen molar-refractivity contribution in [2.24, 2.45) is 0 Å². The van der Waals surface area contributed by atoms with E-state index >= 15 is 0 Å². The maximum atomic E-state index is 13.8. The van der Waals surface area contributed by atoms with Crippen LogP contribution in [0.2, 0.25) is 0 Å². The number of imide groups is 1. The zero-order valence-electron chi connectivity index (χ0n) is 20.0. The summed E-state index contributed by atoms with van der Waals surface area (Å²) in [4.78, 5) is 40.9. The normalized spacial score (nSPS) is 14.1. The molecule has 1 N–H and O–H groups in total. The fourth-order valence-electron chi connectivity index (χ4n) is 4.19. The first-order valence-electron chi connectivity index (χ1n) is 11.3. The van der Waals surface area contributed by atoms with Gasteiger partial charge in [-0.25, -0.2) is 4.90 Å². The number of anilines is 2. The molecular weight excluding hydrogens is 476 g/mol. The van der Waals surface area contributed by atoms with E-state index < -0.39 is 16.7 Å². The van der Waals surface area contributed by atoms with Crippen molar-refractivity contribution in [1.82, 2.24) is 4.90 Å². The van der Waals surface area contributed by atoms with Crippen LogP contribution in [0.5, 0.6) is 0 Å². The second-order valence-corrected chi connectivity index (χ2v) is 8.67. The Bertz CT molecular complexity index is 1500. The number of rotatable bonds is 7. The van der Waals surface area contributed by atoms with Crippen molar-refractivity contribution in [2.45, 2.75) is 6.54 Å². The minimum absolute atomic E-state index is 0.0731. The van der Waals surface area contributed by atoms with Gasteiger partial charge in [-0.2, -0.15) is 0 Å². The first-order chi connectivity index (χ1) is 17.8. The molecule has 0 bridgehead atoms. The molecule has 0 unspecified atom stereocenters. The maximum absolute atomic E-state index is 13.8. The zero-order valence-corrected chi connectivity index (χ0v) is 20.0. The van der Waals surface area contributed by atoms with E-state index in [-0.39, 0.29) is 22.7 Å². The monoisotopic (exact) mass is 498 g/mol. The third-order valence-electron chi connectivity index (χ3n) is 5.79. The smallest absolute Gasteiger partial charge is 0.301 e. The summed E-state index contributed by atoms with van der Waals surface area (Å²) < 4.78 is 10.9. The van der Waals surface area contributed by atoms with Crippen molar-refractivity contribution in [3.63, 3.8) is 0 Å². The van der Waals surface area contributed by atoms with Crippen molar-refractivity contribution in [1.29, 1.82) is 0 Å². The van der Waals surface area contributed by atoms with Crippen LogP contribution in [0.3, 0.4) is 0 Å². The SMILES string of the molecule is CN(C)Cc1ccc(N/C(=C2\C(=O)N(C(=O)c3ccco3)c3cc([N+](=O)[O-])ccc32)c2ccco2)cc1. The molecule has 0 fully saturated rings. The summed E-state index contributed by atoms with van der Waals surface area (Å²) in [7, 11) is 3.96. The van der Waals surface area contributed by atoms with Gasteiger partial charge < -0.3 is 19.1 Å². The molecule has 186 valence electrons. The highest BCUT2D eigenvalue weighted by atomic mass is 16.6. The third-order valence-corrected chi connectivity index (χ3v) is 5.79. The largest absolute Gasteiger partial charge is 0.463 e. The Morgan fingerprint density at radius 2 is 1.68 bits per heavy atom. The molecule has 4 aromatic rings. The molecule has 0 radical (unpaired) electrons. The van der Waals surface area contributed by atoms with Gasteiger partial charge in [0.2, 0.25) is 0 Å². The molecule has 1 aliphatic heterocycles. The Balaban J connectivity index is 1.66. The standard InChI is InChI=1S/C27H22N4O6/c1-29(2)16-17-7-9-18(10-8-17)28-25(22-5-3-13-36-22)24-20-12-11-19(31(34)35)15-21(20)30(27(24)33)26(32)23-6-4-14-37-23/h3-15,28H,16H2,1-2H3/b25-24-. The van der Waals surface area contributed by atoms with E-state index in [1.54, 1.807) is 12.1 Å². The van der Waals surface area contributed by atoms with Crippen molar-refractivity contribution < 1.29 is 23.3 Å². The Morgan fingerprint density at radius 3 is 2.27 bits per heavy atom.